The minimum Gasteiger partial charge on any atom is -0.385 e. The predicted molar refractivity (Wildman–Crippen MR) is 94.6 cm³/mol. The number of aryl methyl sites for hydroxylation is 1. The van der Waals surface area contributed by atoms with Crippen molar-refractivity contribution in [2.24, 2.45) is 7.05 Å². The maximum absolute atomic E-state index is 12.2. The molecule has 1 N–H and O–H groups in total. The minimum atomic E-state index is 0.00581. The molecule has 0 bridgehead atoms. The topological polar surface area (TPSA) is 88.4 Å². The molecule has 1 aliphatic heterocycles. The van der Waals surface area contributed by atoms with Crippen LogP contribution in [0, 0.1) is 0 Å². The standard InChI is InChI=1S/C16H25N7O2/c1-21-14-13(11-20-21)15(19-12-18-14)22-6-8-23(9-7-22)16(24)17-5-3-4-10-25-2/h11-12H,3-10H2,1-2H3,(H,17,24). The summed E-state index contributed by atoms with van der Waals surface area (Å²) < 4.78 is 6.75. The number of hydrogen-bond donors (Lipinski definition) is 1. The zero-order valence-corrected chi connectivity index (χ0v) is 14.8. The SMILES string of the molecule is COCCCCNC(=O)N1CCN(c2ncnc3c2cnn3C)CC1. The molecular weight excluding hydrogens is 322 g/mol. The summed E-state index contributed by atoms with van der Waals surface area (Å²) in [5.41, 5.74) is 0.821. The Hall–Kier alpha value is -2.42. The number of ether oxygens (including phenoxy) is 1. The normalized spacial score (nSPS) is 15.0. The zero-order valence-electron chi connectivity index (χ0n) is 14.8. The van der Waals surface area contributed by atoms with Crippen LogP contribution < -0.4 is 10.2 Å². The molecule has 0 spiro atoms. The number of nitrogens with zero attached hydrogens (tertiary/aromatic N) is 6. The number of anilines is 1. The number of aromatic nitrogens is 4. The molecule has 1 aliphatic rings. The van der Waals surface area contributed by atoms with Crippen LogP contribution in [0.15, 0.2) is 12.5 Å². The summed E-state index contributed by atoms with van der Waals surface area (Å²) >= 11 is 0. The van der Waals surface area contributed by atoms with Gasteiger partial charge in [-0.2, -0.15) is 5.10 Å². The van der Waals surface area contributed by atoms with Gasteiger partial charge in [0.05, 0.1) is 11.6 Å². The first-order valence-corrected chi connectivity index (χ1v) is 8.60. The maximum atomic E-state index is 12.2. The molecule has 2 aromatic rings. The first-order chi connectivity index (χ1) is 12.2. The third-order valence-corrected chi connectivity index (χ3v) is 4.43. The summed E-state index contributed by atoms with van der Waals surface area (Å²) in [5, 5.41) is 8.17. The van der Waals surface area contributed by atoms with Crippen LogP contribution in [-0.2, 0) is 11.8 Å². The number of amides is 2. The van der Waals surface area contributed by atoms with E-state index >= 15 is 0 Å². The third kappa shape index (κ3) is 3.98. The lowest BCUT2D eigenvalue weighted by Crippen LogP contribution is -2.52. The Morgan fingerprint density at radius 3 is 2.80 bits per heavy atom. The Balaban J connectivity index is 1.52. The summed E-state index contributed by atoms with van der Waals surface area (Å²) in [6, 6.07) is 0.00581. The number of unbranched alkanes of at least 4 members (excludes halogenated alkanes) is 1. The first-order valence-electron chi connectivity index (χ1n) is 8.60. The smallest absolute Gasteiger partial charge is 0.317 e. The number of carbonyl (C=O) groups excluding carboxylic acids is 1. The van der Waals surface area contributed by atoms with E-state index in [1.165, 1.54) is 0 Å². The van der Waals surface area contributed by atoms with E-state index in [-0.39, 0.29) is 6.03 Å². The van der Waals surface area contributed by atoms with Gasteiger partial charge in [-0.1, -0.05) is 0 Å². The van der Waals surface area contributed by atoms with Crippen LogP contribution >= 0.6 is 0 Å². The van der Waals surface area contributed by atoms with Crippen molar-refractivity contribution in [3.8, 4) is 0 Å². The number of hydrogen-bond acceptors (Lipinski definition) is 6. The van der Waals surface area contributed by atoms with Gasteiger partial charge in [0, 0.05) is 53.5 Å². The molecule has 25 heavy (non-hydrogen) atoms. The van der Waals surface area contributed by atoms with Gasteiger partial charge in [-0.25, -0.2) is 14.8 Å². The predicted octanol–water partition coefficient (Wildman–Crippen LogP) is 0.622. The second kappa shape index (κ2) is 8.11. The molecule has 2 aromatic heterocycles. The van der Waals surface area contributed by atoms with E-state index < -0.39 is 0 Å². The van der Waals surface area contributed by atoms with E-state index in [0.717, 1.165) is 49.4 Å². The highest BCUT2D eigenvalue weighted by atomic mass is 16.5. The highest BCUT2D eigenvalue weighted by molar-refractivity contribution is 5.86. The lowest BCUT2D eigenvalue weighted by atomic mass is 10.3. The highest BCUT2D eigenvalue weighted by Gasteiger charge is 2.23. The molecule has 2 amide bonds. The summed E-state index contributed by atoms with van der Waals surface area (Å²) in [6.45, 7) is 4.27. The average Bonchev–Trinajstić information content (AvgIpc) is 3.03. The monoisotopic (exact) mass is 347 g/mol. The maximum Gasteiger partial charge on any atom is 0.317 e. The summed E-state index contributed by atoms with van der Waals surface area (Å²) in [6.07, 6.45) is 5.25. The van der Waals surface area contributed by atoms with Crippen LogP contribution in [-0.4, -0.2) is 77.1 Å². The van der Waals surface area contributed by atoms with Crippen molar-refractivity contribution >= 4 is 22.9 Å². The number of carbonyl (C=O) groups is 1. The van der Waals surface area contributed by atoms with Gasteiger partial charge in [-0.05, 0) is 12.8 Å². The Morgan fingerprint density at radius 2 is 2.04 bits per heavy atom. The van der Waals surface area contributed by atoms with Crippen molar-refractivity contribution in [2.45, 2.75) is 12.8 Å². The van der Waals surface area contributed by atoms with Crippen molar-refractivity contribution < 1.29 is 9.53 Å². The van der Waals surface area contributed by atoms with Crippen LogP contribution in [0.4, 0.5) is 10.6 Å². The van der Waals surface area contributed by atoms with Crippen LogP contribution in [0.5, 0.6) is 0 Å². The first kappa shape index (κ1) is 17.4. The molecule has 3 rings (SSSR count). The quantitative estimate of drug-likeness (QED) is 0.771. The molecule has 0 radical (unpaired) electrons. The fourth-order valence-electron chi connectivity index (χ4n) is 3.00. The summed E-state index contributed by atoms with van der Waals surface area (Å²) in [5.74, 6) is 0.887. The fourth-order valence-corrected chi connectivity index (χ4v) is 3.00. The third-order valence-electron chi connectivity index (χ3n) is 4.43. The van der Waals surface area contributed by atoms with E-state index in [9.17, 15) is 4.79 Å². The molecule has 3 heterocycles. The number of piperazine rings is 1. The van der Waals surface area contributed by atoms with Crippen LogP contribution in [0.25, 0.3) is 11.0 Å². The molecule has 9 heteroatoms. The molecule has 0 unspecified atom stereocenters. The Bertz CT molecular complexity index is 710. The minimum absolute atomic E-state index is 0.00581. The van der Waals surface area contributed by atoms with Crippen molar-refractivity contribution in [1.29, 1.82) is 0 Å². The second-order valence-corrected chi connectivity index (χ2v) is 6.11. The molecule has 0 saturated carbocycles. The molecule has 0 aromatic carbocycles. The number of nitrogens with one attached hydrogen (secondary N) is 1. The molecule has 1 fully saturated rings. The average molecular weight is 347 g/mol. The van der Waals surface area contributed by atoms with E-state index in [1.807, 2.05) is 11.9 Å². The van der Waals surface area contributed by atoms with Crippen LogP contribution in [0.3, 0.4) is 0 Å². The molecule has 9 nitrogen and oxygen atoms in total. The van der Waals surface area contributed by atoms with Gasteiger partial charge >= 0.3 is 6.03 Å². The van der Waals surface area contributed by atoms with E-state index in [2.05, 4.69) is 25.3 Å². The van der Waals surface area contributed by atoms with Crippen molar-refractivity contribution in [2.75, 3.05) is 51.3 Å². The Kier molecular flexibility index (Phi) is 5.64. The lowest BCUT2D eigenvalue weighted by Gasteiger charge is -2.35. The molecule has 136 valence electrons. The summed E-state index contributed by atoms with van der Waals surface area (Å²) in [7, 11) is 3.56. The molecular formula is C16H25N7O2. The fraction of sp³-hybridized carbons (Fsp3) is 0.625. The van der Waals surface area contributed by atoms with Gasteiger partial charge in [0.2, 0.25) is 0 Å². The van der Waals surface area contributed by atoms with E-state index in [4.69, 9.17) is 4.74 Å². The molecule has 0 atom stereocenters. The van der Waals surface area contributed by atoms with Crippen LogP contribution in [0.2, 0.25) is 0 Å². The van der Waals surface area contributed by atoms with Gasteiger partial charge in [-0.15, -0.1) is 0 Å². The van der Waals surface area contributed by atoms with E-state index in [0.29, 0.717) is 19.6 Å². The van der Waals surface area contributed by atoms with Crippen LogP contribution in [0.1, 0.15) is 12.8 Å². The van der Waals surface area contributed by atoms with Gasteiger partial charge in [0.25, 0.3) is 0 Å². The van der Waals surface area contributed by atoms with Crippen molar-refractivity contribution in [1.82, 2.24) is 30.0 Å². The van der Waals surface area contributed by atoms with Gasteiger partial charge in [0.15, 0.2) is 5.65 Å². The molecule has 1 saturated heterocycles. The van der Waals surface area contributed by atoms with Crippen molar-refractivity contribution in [3.05, 3.63) is 12.5 Å². The lowest BCUT2D eigenvalue weighted by molar-refractivity contribution is 0.186. The summed E-state index contributed by atoms with van der Waals surface area (Å²) in [4.78, 5) is 25.0. The largest absolute Gasteiger partial charge is 0.385 e. The number of methoxy groups -OCH3 is 1. The van der Waals surface area contributed by atoms with Gasteiger partial charge < -0.3 is 19.9 Å². The second-order valence-electron chi connectivity index (χ2n) is 6.11. The zero-order chi connectivity index (χ0) is 17.6. The number of rotatable bonds is 6. The van der Waals surface area contributed by atoms with Gasteiger partial charge in [0.1, 0.15) is 12.1 Å². The van der Waals surface area contributed by atoms with Crippen molar-refractivity contribution in [3.63, 3.8) is 0 Å². The van der Waals surface area contributed by atoms with E-state index in [1.54, 1.807) is 24.3 Å². The number of fused-ring (bicyclic) bond motifs is 1. The number of urea groups is 1. The Labute approximate surface area is 147 Å². The van der Waals surface area contributed by atoms with Gasteiger partial charge in [-0.3, -0.25) is 4.68 Å². The Morgan fingerprint density at radius 1 is 1.24 bits per heavy atom. The highest BCUT2D eigenvalue weighted by Crippen LogP contribution is 2.23. The molecule has 0 aliphatic carbocycles.